The van der Waals surface area contributed by atoms with Crippen molar-refractivity contribution in [2.45, 2.75) is 0 Å². The molecule has 0 atom stereocenters. The Morgan fingerprint density at radius 3 is 0.722 bits per heavy atom. The highest BCUT2D eigenvalue weighted by atomic mass is 33.9. The molecule has 0 amide bonds. The maximum Gasteiger partial charge on any atom is 0.386 e. The van der Waals surface area contributed by atoms with E-state index in [9.17, 15) is 50.5 Å². The normalized spacial score (nSPS) is 15.0. The summed E-state index contributed by atoms with van der Waals surface area (Å²) < 4.78 is 126. The molecule has 18 heavy (non-hydrogen) atoms. The van der Waals surface area contributed by atoms with Crippen molar-refractivity contribution in [3.63, 3.8) is 0 Å². The average Bonchev–Trinajstić information content (AvgIpc) is 2.15. The third-order valence-electron chi connectivity index (χ3n) is 1.13. The van der Waals surface area contributed by atoms with Crippen molar-refractivity contribution < 1.29 is 50.5 Å². The van der Waals surface area contributed by atoms with Gasteiger partial charge in [-0.2, -0.15) is 33.7 Å². The molecule has 0 unspecified atom stereocenters. The van der Waals surface area contributed by atoms with E-state index in [0.29, 0.717) is 0 Å². The maximum absolute atomic E-state index is 10.9. The van der Waals surface area contributed by atoms with Gasteiger partial charge in [0, 0.05) is 0 Å². The standard InChI is InChI=1S/H2O12S6/c1-13(2)15(5,6)17(9,10)18(11,12)16(7,8)14(3)4/h13-14H. The average molecular weight is 386 g/mol. The molecule has 0 N–H and O–H groups in total. The molecule has 0 aliphatic heterocycles. The monoisotopic (exact) mass is 386 g/mol. The van der Waals surface area contributed by atoms with Crippen molar-refractivity contribution in [2.24, 2.45) is 0 Å². The highest BCUT2D eigenvalue weighted by Crippen LogP contribution is 2.20. The van der Waals surface area contributed by atoms with Gasteiger partial charge in [-0.1, -0.05) is 0 Å². The Morgan fingerprint density at radius 1 is 0.444 bits per heavy atom. The molecular formula is H2O12S6. The van der Waals surface area contributed by atoms with Crippen LogP contribution in [0, 0.1) is 0 Å². The van der Waals surface area contributed by atoms with Crippen LogP contribution in [0.5, 0.6) is 0 Å². The van der Waals surface area contributed by atoms with E-state index in [4.69, 9.17) is 0 Å². The predicted molar refractivity (Wildman–Crippen MR) is 56.3 cm³/mol. The molecular weight excluding hydrogens is 384 g/mol. The van der Waals surface area contributed by atoms with Gasteiger partial charge in [0.25, 0.3) is 19.5 Å². The summed E-state index contributed by atoms with van der Waals surface area (Å²) in [7, 11) is -36.5. The fourth-order valence-corrected chi connectivity index (χ4v) is 22.9. The molecule has 0 bridgehead atoms. The van der Waals surface area contributed by atoms with E-state index in [1.165, 1.54) is 0 Å². The van der Waals surface area contributed by atoms with Gasteiger partial charge in [-0.15, -0.1) is 0 Å². The molecule has 12 nitrogen and oxygen atoms in total. The van der Waals surface area contributed by atoms with Crippen LogP contribution in [-0.4, -0.2) is 50.5 Å². The Hall–Kier alpha value is -0.300. The summed E-state index contributed by atoms with van der Waals surface area (Å²) in [4.78, 5) is 0. The molecule has 0 aromatic heterocycles. The van der Waals surface area contributed by atoms with Crippen LogP contribution < -0.4 is 0 Å². The van der Waals surface area contributed by atoms with Crippen molar-refractivity contribution in [3.05, 3.63) is 0 Å². The molecule has 0 saturated carbocycles. The first kappa shape index (κ1) is 17.7. The lowest BCUT2D eigenvalue weighted by molar-refractivity contribution is 0.576. The number of hydrogen-bond donors (Lipinski definition) is 2. The van der Waals surface area contributed by atoms with Crippen molar-refractivity contribution >= 4 is 51.1 Å². The van der Waals surface area contributed by atoms with Crippen molar-refractivity contribution in [1.82, 2.24) is 0 Å². The van der Waals surface area contributed by atoms with Crippen LogP contribution in [0.4, 0.5) is 0 Å². The topological polar surface area (TPSA) is 205 Å². The number of rotatable bonds is 5. The number of thiol groups is 2. The third-order valence-corrected chi connectivity index (χ3v) is 24.9. The summed E-state index contributed by atoms with van der Waals surface area (Å²) in [5, 5.41) is 0. The molecule has 0 aromatic carbocycles. The summed E-state index contributed by atoms with van der Waals surface area (Å²) in [5.41, 5.74) is 0. The van der Waals surface area contributed by atoms with Crippen molar-refractivity contribution in [1.29, 1.82) is 0 Å². The van der Waals surface area contributed by atoms with Gasteiger partial charge in [0.05, 0.1) is 0 Å². The molecule has 0 heterocycles. The Balaban J connectivity index is 6.90. The summed E-state index contributed by atoms with van der Waals surface area (Å²) in [5.74, 6) is 0. The van der Waals surface area contributed by atoms with E-state index in [0.717, 1.165) is 0 Å². The molecule has 0 aliphatic carbocycles. The van der Waals surface area contributed by atoms with Crippen LogP contribution in [0.25, 0.3) is 0 Å². The van der Waals surface area contributed by atoms with Crippen LogP contribution in [-0.2, 0) is 51.1 Å². The van der Waals surface area contributed by atoms with Gasteiger partial charge in [0.15, 0.2) is 0 Å². The molecule has 0 rings (SSSR count). The maximum atomic E-state index is 10.9. The SMILES string of the molecule is O=[SH](=O)S(=O)(=O)S(=O)(=O)S(=O)(=O)S(=O)(=O)[SH](=O)=O. The van der Waals surface area contributed by atoms with E-state index in [-0.39, 0.29) is 0 Å². The van der Waals surface area contributed by atoms with Gasteiger partial charge in [0.1, 0.15) is 0 Å². The first-order chi connectivity index (χ1) is 7.64. The number of hydrogen-bond acceptors (Lipinski definition) is 12. The first-order valence-corrected chi connectivity index (χ1v) is 14.0. The van der Waals surface area contributed by atoms with Crippen LogP contribution >= 0.6 is 0 Å². The summed E-state index contributed by atoms with van der Waals surface area (Å²) in [6.45, 7) is 0. The van der Waals surface area contributed by atoms with Crippen LogP contribution in [0.1, 0.15) is 0 Å². The first-order valence-electron chi connectivity index (χ1n) is 2.93. The molecule has 0 saturated heterocycles. The molecule has 0 spiro atoms. The zero-order valence-corrected chi connectivity index (χ0v) is 12.5. The Bertz CT molecular complexity index is 808. The quantitative estimate of drug-likeness (QED) is 0.338. The second-order valence-electron chi connectivity index (χ2n) is 2.12. The van der Waals surface area contributed by atoms with Gasteiger partial charge < -0.3 is 0 Å². The molecule has 110 valence electrons. The lowest BCUT2D eigenvalue weighted by atomic mass is 15.9. The smallest absolute Gasteiger partial charge is 0.215 e. The highest BCUT2D eigenvalue weighted by Gasteiger charge is 2.54. The summed E-state index contributed by atoms with van der Waals surface area (Å²) in [6, 6.07) is 0. The van der Waals surface area contributed by atoms with Crippen LogP contribution in [0.3, 0.4) is 0 Å². The van der Waals surface area contributed by atoms with E-state index in [1.807, 2.05) is 0 Å². The van der Waals surface area contributed by atoms with Gasteiger partial charge in [0.2, 0.25) is 0 Å². The molecule has 18 heteroatoms. The lowest BCUT2D eigenvalue weighted by Gasteiger charge is -1.99. The minimum Gasteiger partial charge on any atom is -0.215 e. The van der Waals surface area contributed by atoms with Crippen LogP contribution in [0.15, 0.2) is 0 Å². The van der Waals surface area contributed by atoms with Crippen LogP contribution in [0.2, 0.25) is 0 Å². The highest BCUT2D eigenvalue weighted by molar-refractivity contribution is 9.29. The Labute approximate surface area is 101 Å². The van der Waals surface area contributed by atoms with Gasteiger partial charge in [-0.3, -0.25) is 0 Å². The van der Waals surface area contributed by atoms with Gasteiger partial charge in [-0.25, -0.2) is 16.8 Å². The Morgan fingerprint density at radius 2 is 0.611 bits per heavy atom. The Kier molecular flexibility index (Phi) is 4.59. The van der Waals surface area contributed by atoms with E-state index < -0.39 is 51.1 Å². The molecule has 0 radical (unpaired) electrons. The zero-order chi connectivity index (χ0) is 15.2. The second-order valence-corrected chi connectivity index (χ2v) is 21.7. The van der Waals surface area contributed by atoms with Gasteiger partial charge >= 0.3 is 31.6 Å². The molecule has 0 aliphatic rings. The van der Waals surface area contributed by atoms with E-state index in [1.54, 1.807) is 0 Å². The lowest BCUT2D eigenvalue weighted by Crippen LogP contribution is -2.31. The molecule has 0 aromatic rings. The predicted octanol–water partition coefficient (Wildman–Crippen LogP) is -4.56. The van der Waals surface area contributed by atoms with Crippen molar-refractivity contribution in [2.75, 3.05) is 0 Å². The summed E-state index contributed by atoms with van der Waals surface area (Å²) in [6.07, 6.45) is 0. The van der Waals surface area contributed by atoms with E-state index >= 15 is 0 Å². The fraction of sp³-hybridized carbons (Fsp3) is 0. The summed E-state index contributed by atoms with van der Waals surface area (Å²) >= 11 is 0. The minimum absolute atomic E-state index is 4.92. The van der Waals surface area contributed by atoms with Gasteiger partial charge in [-0.05, 0) is 0 Å². The largest absolute Gasteiger partial charge is 0.386 e. The minimum atomic E-state index is -6.86. The zero-order valence-electron chi connectivity index (χ0n) is 7.43. The third kappa shape index (κ3) is 2.27. The van der Waals surface area contributed by atoms with Crippen molar-refractivity contribution in [3.8, 4) is 0 Å². The molecule has 0 fully saturated rings. The van der Waals surface area contributed by atoms with E-state index in [2.05, 4.69) is 0 Å². The fourth-order valence-electron chi connectivity index (χ4n) is 0.360. The second kappa shape index (κ2) is 4.67.